The Labute approximate surface area is 280 Å². The minimum atomic E-state index is 0.295. The zero-order chi connectivity index (χ0) is 30.6. The summed E-state index contributed by atoms with van der Waals surface area (Å²) in [5, 5.41) is 7.31. The standard InChI is InChI=1S/C42H27N3S2/c1-2-9-25(10-3-1)39-38-29-13-5-7-16-35(29)47-42(38)44-41(43-39)26-17-20-27(21-18-26)45-32-14-8-11-24-19-22-30-37(36(24)32)33(45)23-31-28-12-4-6-15-34(28)46-40(30)31/h1-23,28-29,34-35H. The largest absolute Gasteiger partial charge is 0.309 e. The number of allylic oxidation sites excluding steroid dienone is 6. The van der Waals surface area contributed by atoms with Crippen LogP contribution in [0.2, 0.25) is 0 Å². The van der Waals surface area contributed by atoms with Crippen LogP contribution in [0.3, 0.4) is 0 Å². The highest BCUT2D eigenvalue weighted by atomic mass is 32.2. The van der Waals surface area contributed by atoms with Crippen LogP contribution in [0.4, 0.5) is 0 Å². The van der Waals surface area contributed by atoms with Crippen LogP contribution in [0.5, 0.6) is 0 Å². The molecule has 47 heavy (non-hydrogen) atoms. The van der Waals surface area contributed by atoms with Crippen LogP contribution >= 0.6 is 23.5 Å². The molecule has 5 heteroatoms. The number of benzene rings is 5. The molecule has 0 spiro atoms. The quantitative estimate of drug-likeness (QED) is 0.142. The molecule has 4 atom stereocenters. The Bertz CT molecular complexity index is 2540. The highest BCUT2D eigenvalue weighted by Crippen LogP contribution is 2.54. The van der Waals surface area contributed by atoms with Crippen LogP contribution in [0.1, 0.15) is 23.0 Å². The van der Waals surface area contributed by atoms with E-state index in [0.717, 1.165) is 33.4 Å². The summed E-state index contributed by atoms with van der Waals surface area (Å²) in [5.74, 6) is 1.48. The van der Waals surface area contributed by atoms with Gasteiger partial charge in [-0.25, -0.2) is 9.97 Å². The summed E-state index contributed by atoms with van der Waals surface area (Å²) >= 11 is 3.88. The molecule has 4 heterocycles. The lowest BCUT2D eigenvalue weighted by Gasteiger charge is -2.17. The zero-order valence-corrected chi connectivity index (χ0v) is 26.9. The molecule has 0 N–H and O–H groups in total. The van der Waals surface area contributed by atoms with Crippen LogP contribution in [0.25, 0.3) is 60.9 Å². The fraction of sp³-hybridized carbons (Fsp3) is 0.0952. The van der Waals surface area contributed by atoms with Crippen molar-refractivity contribution in [3.8, 4) is 28.3 Å². The molecule has 4 unspecified atom stereocenters. The monoisotopic (exact) mass is 637 g/mol. The average Bonchev–Trinajstić information content (AvgIpc) is 3.81. The molecule has 0 bridgehead atoms. The molecule has 2 aromatic heterocycles. The molecule has 0 saturated carbocycles. The van der Waals surface area contributed by atoms with Crippen molar-refractivity contribution in [2.45, 2.75) is 32.3 Å². The van der Waals surface area contributed by atoms with Crippen LogP contribution in [-0.4, -0.2) is 25.0 Å². The maximum absolute atomic E-state index is 5.27. The maximum Gasteiger partial charge on any atom is 0.161 e. The van der Waals surface area contributed by atoms with Gasteiger partial charge in [-0.2, -0.15) is 0 Å². The lowest BCUT2D eigenvalue weighted by Crippen LogP contribution is -2.09. The van der Waals surface area contributed by atoms with Crippen molar-refractivity contribution in [1.29, 1.82) is 0 Å². The van der Waals surface area contributed by atoms with Crippen molar-refractivity contribution >= 4 is 56.1 Å². The second-order valence-corrected chi connectivity index (χ2v) is 15.2. The van der Waals surface area contributed by atoms with Gasteiger partial charge in [0.1, 0.15) is 5.03 Å². The summed E-state index contributed by atoms with van der Waals surface area (Å²) in [4.78, 5) is 11.9. The molecule has 11 rings (SSSR count). The number of thioether (sulfide) groups is 2. The lowest BCUT2D eigenvalue weighted by atomic mass is 9.90. The van der Waals surface area contributed by atoms with Gasteiger partial charge in [-0.1, -0.05) is 115 Å². The van der Waals surface area contributed by atoms with Gasteiger partial charge in [-0.15, -0.1) is 11.8 Å². The molecule has 0 saturated heterocycles. The molecule has 0 radical (unpaired) electrons. The van der Waals surface area contributed by atoms with Gasteiger partial charge in [0.05, 0.1) is 16.7 Å². The predicted molar refractivity (Wildman–Crippen MR) is 197 cm³/mol. The molecule has 4 aliphatic rings. The molecule has 3 nitrogen and oxygen atoms in total. The van der Waals surface area contributed by atoms with Gasteiger partial charge in [-0.05, 0) is 52.7 Å². The molecule has 2 aliphatic carbocycles. The lowest BCUT2D eigenvalue weighted by molar-refractivity contribution is 0.856. The molecule has 5 aromatic carbocycles. The van der Waals surface area contributed by atoms with E-state index in [2.05, 4.69) is 144 Å². The second-order valence-electron chi connectivity index (χ2n) is 12.8. The van der Waals surface area contributed by atoms with E-state index in [1.165, 1.54) is 48.6 Å². The summed E-state index contributed by atoms with van der Waals surface area (Å²) < 4.78 is 2.47. The van der Waals surface area contributed by atoms with E-state index < -0.39 is 0 Å². The number of hydrogen-bond acceptors (Lipinski definition) is 4. The first-order chi connectivity index (χ1) is 23.3. The first kappa shape index (κ1) is 26.3. The van der Waals surface area contributed by atoms with Crippen molar-refractivity contribution in [1.82, 2.24) is 14.5 Å². The van der Waals surface area contributed by atoms with Gasteiger partial charge in [-0.3, -0.25) is 0 Å². The van der Waals surface area contributed by atoms with Crippen LogP contribution in [0.15, 0.2) is 150 Å². The van der Waals surface area contributed by atoms with E-state index >= 15 is 0 Å². The Morgan fingerprint density at radius 1 is 0.596 bits per heavy atom. The first-order valence-corrected chi connectivity index (χ1v) is 18.0. The normalized spacial score (nSPS) is 22.0. The average molecular weight is 638 g/mol. The van der Waals surface area contributed by atoms with Crippen molar-refractivity contribution in [2.24, 2.45) is 0 Å². The van der Waals surface area contributed by atoms with E-state index in [9.17, 15) is 0 Å². The molecule has 0 amide bonds. The third-order valence-electron chi connectivity index (χ3n) is 10.3. The van der Waals surface area contributed by atoms with Gasteiger partial charge < -0.3 is 4.57 Å². The van der Waals surface area contributed by atoms with Crippen LogP contribution in [0, 0.1) is 0 Å². The van der Waals surface area contributed by atoms with Gasteiger partial charge in [0, 0.05) is 60.4 Å². The summed E-state index contributed by atoms with van der Waals surface area (Å²) in [5.41, 5.74) is 9.59. The van der Waals surface area contributed by atoms with Crippen LogP contribution in [-0.2, 0) is 0 Å². The van der Waals surface area contributed by atoms with Crippen molar-refractivity contribution in [2.75, 3.05) is 0 Å². The summed E-state index contributed by atoms with van der Waals surface area (Å²) in [6.07, 6.45) is 18.1. The smallest absolute Gasteiger partial charge is 0.161 e. The molecule has 7 aromatic rings. The number of aromatic nitrogens is 3. The van der Waals surface area contributed by atoms with Gasteiger partial charge in [0.2, 0.25) is 0 Å². The van der Waals surface area contributed by atoms with Gasteiger partial charge in [0.25, 0.3) is 0 Å². The SMILES string of the molecule is C1=CC2Sc3c(cc4c5c3ccc3cccc(c35)n4-c3ccc(-c4nc5c(c(-c6ccccc6)n4)C4C=CC=CC4S5)cc3)C2C=C1. The van der Waals surface area contributed by atoms with Crippen molar-refractivity contribution in [3.05, 3.63) is 151 Å². The highest BCUT2D eigenvalue weighted by molar-refractivity contribution is 8.00. The van der Waals surface area contributed by atoms with Crippen molar-refractivity contribution in [3.63, 3.8) is 0 Å². The zero-order valence-electron chi connectivity index (χ0n) is 25.2. The number of rotatable bonds is 3. The Kier molecular flexibility index (Phi) is 5.49. The number of nitrogens with zero attached hydrogens (tertiary/aromatic N) is 3. The maximum atomic E-state index is 5.27. The molecule has 2 aliphatic heterocycles. The van der Waals surface area contributed by atoms with Gasteiger partial charge >= 0.3 is 0 Å². The first-order valence-electron chi connectivity index (χ1n) is 16.2. The molecule has 222 valence electrons. The summed E-state index contributed by atoms with van der Waals surface area (Å²) in [6.45, 7) is 0. The van der Waals surface area contributed by atoms with E-state index in [4.69, 9.17) is 9.97 Å². The third-order valence-corrected chi connectivity index (χ3v) is 12.9. The Morgan fingerprint density at radius 2 is 1.38 bits per heavy atom. The fourth-order valence-corrected chi connectivity index (χ4v) is 10.9. The van der Waals surface area contributed by atoms with E-state index in [1.54, 1.807) is 0 Å². The minimum absolute atomic E-state index is 0.295. The minimum Gasteiger partial charge on any atom is -0.309 e. The molecular formula is C42H27N3S2. The Morgan fingerprint density at radius 3 is 2.23 bits per heavy atom. The molecule has 0 fully saturated rings. The van der Waals surface area contributed by atoms with Crippen LogP contribution < -0.4 is 0 Å². The highest BCUT2D eigenvalue weighted by Gasteiger charge is 2.37. The van der Waals surface area contributed by atoms with E-state index in [1.807, 2.05) is 23.5 Å². The predicted octanol–water partition coefficient (Wildman–Crippen LogP) is 10.9. The van der Waals surface area contributed by atoms with E-state index in [-0.39, 0.29) is 0 Å². The Hall–Kier alpha value is -4.84. The Balaban J connectivity index is 1.08. The van der Waals surface area contributed by atoms with Gasteiger partial charge in [0.15, 0.2) is 5.82 Å². The van der Waals surface area contributed by atoms with Crippen molar-refractivity contribution < 1.29 is 0 Å². The molecular weight excluding hydrogens is 611 g/mol. The second kappa shape index (κ2) is 9.83. The topological polar surface area (TPSA) is 30.7 Å². The summed E-state index contributed by atoms with van der Waals surface area (Å²) in [6, 6.07) is 33.3. The third kappa shape index (κ3) is 3.73. The van der Waals surface area contributed by atoms with E-state index in [0.29, 0.717) is 22.3 Å². The fourth-order valence-electron chi connectivity index (χ4n) is 8.15. The number of hydrogen-bond donors (Lipinski definition) is 0. The summed E-state index contributed by atoms with van der Waals surface area (Å²) in [7, 11) is 0. The number of fused-ring (bicyclic) bond motifs is 7.